The van der Waals surface area contributed by atoms with E-state index < -0.39 is 0 Å². The largest absolute Gasteiger partial charge is 0.383 e. The van der Waals surface area contributed by atoms with Gasteiger partial charge in [-0.05, 0) is 30.5 Å². The standard InChI is InChI=1S/C17H25N3O3/c1-23-11-9-18-13-16(21)19-12-14-5-7-15(8-6-14)20-10-3-2-4-17(20)22/h5-8,18H,2-4,9-13H2,1H3,(H,19,21). The van der Waals surface area contributed by atoms with E-state index in [0.29, 0.717) is 26.1 Å². The van der Waals surface area contributed by atoms with E-state index in [1.165, 1.54) is 0 Å². The van der Waals surface area contributed by atoms with Crippen molar-refractivity contribution >= 4 is 17.5 Å². The molecule has 2 amide bonds. The van der Waals surface area contributed by atoms with Gasteiger partial charge < -0.3 is 20.3 Å². The number of nitrogens with zero attached hydrogens (tertiary/aromatic N) is 1. The molecule has 0 spiro atoms. The number of hydrogen-bond acceptors (Lipinski definition) is 4. The SMILES string of the molecule is COCCNCC(=O)NCc1ccc(N2CCCCC2=O)cc1. The van der Waals surface area contributed by atoms with Gasteiger partial charge in [-0.2, -0.15) is 0 Å². The molecule has 0 atom stereocenters. The quantitative estimate of drug-likeness (QED) is 0.703. The molecule has 6 nitrogen and oxygen atoms in total. The molecule has 0 aromatic heterocycles. The van der Waals surface area contributed by atoms with Crippen molar-refractivity contribution in [1.82, 2.24) is 10.6 Å². The number of rotatable bonds is 8. The van der Waals surface area contributed by atoms with Crippen LogP contribution in [0.15, 0.2) is 24.3 Å². The van der Waals surface area contributed by atoms with Gasteiger partial charge in [-0.1, -0.05) is 12.1 Å². The summed E-state index contributed by atoms with van der Waals surface area (Å²) in [7, 11) is 1.63. The average Bonchev–Trinajstić information content (AvgIpc) is 2.58. The summed E-state index contributed by atoms with van der Waals surface area (Å²) in [5.41, 5.74) is 1.95. The van der Waals surface area contributed by atoms with Crippen LogP contribution in [0.1, 0.15) is 24.8 Å². The van der Waals surface area contributed by atoms with Gasteiger partial charge in [0.1, 0.15) is 0 Å². The second-order valence-electron chi connectivity index (χ2n) is 5.62. The van der Waals surface area contributed by atoms with E-state index >= 15 is 0 Å². The molecule has 1 saturated heterocycles. The highest BCUT2D eigenvalue weighted by molar-refractivity contribution is 5.93. The maximum Gasteiger partial charge on any atom is 0.234 e. The van der Waals surface area contributed by atoms with E-state index in [2.05, 4.69) is 10.6 Å². The lowest BCUT2D eigenvalue weighted by molar-refractivity contribution is -0.120. The fraction of sp³-hybridized carbons (Fsp3) is 0.529. The van der Waals surface area contributed by atoms with E-state index in [1.54, 1.807) is 7.11 Å². The second kappa shape index (κ2) is 9.27. The lowest BCUT2D eigenvalue weighted by Crippen LogP contribution is -2.35. The third kappa shape index (κ3) is 5.65. The van der Waals surface area contributed by atoms with Crippen LogP contribution < -0.4 is 15.5 Å². The Bertz CT molecular complexity index is 516. The monoisotopic (exact) mass is 319 g/mol. The molecule has 2 N–H and O–H groups in total. The zero-order valence-electron chi connectivity index (χ0n) is 13.6. The summed E-state index contributed by atoms with van der Waals surface area (Å²) in [5, 5.41) is 5.86. The molecule has 0 unspecified atom stereocenters. The molecule has 1 fully saturated rings. The first-order chi connectivity index (χ1) is 11.2. The zero-order valence-corrected chi connectivity index (χ0v) is 13.6. The molecule has 1 heterocycles. The van der Waals surface area contributed by atoms with Crippen LogP contribution in [0.5, 0.6) is 0 Å². The predicted molar refractivity (Wildman–Crippen MR) is 89.2 cm³/mol. The van der Waals surface area contributed by atoms with Crippen molar-refractivity contribution < 1.29 is 14.3 Å². The van der Waals surface area contributed by atoms with Crippen molar-refractivity contribution in [2.75, 3.05) is 38.3 Å². The molecule has 23 heavy (non-hydrogen) atoms. The molecule has 6 heteroatoms. The molecular weight excluding hydrogens is 294 g/mol. The summed E-state index contributed by atoms with van der Waals surface area (Å²) in [5.74, 6) is 0.149. The summed E-state index contributed by atoms with van der Waals surface area (Å²) in [6.45, 7) is 2.80. The van der Waals surface area contributed by atoms with Crippen LogP contribution in [-0.4, -0.2) is 45.2 Å². The van der Waals surface area contributed by atoms with Crippen LogP contribution in [0.25, 0.3) is 0 Å². The highest BCUT2D eigenvalue weighted by Crippen LogP contribution is 2.21. The van der Waals surface area contributed by atoms with Gasteiger partial charge in [0.05, 0.1) is 13.2 Å². The minimum absolute atomic E-state index is 0.0450. The zero-order chi connectivity index (χ0) is 16.5. The number of ether oxygens (including phenoxy) is 1. The highest BCUT2D eigenvalue weighted by atomic mass is 16.5. The molecule has 0 aliphatic carbocycles. The first-order valence-corrected chi connectivity index (χ1v) is 8.06. The molecule has 0 radical (unpaired) electrons. The van der Waals surface area contributed by atoms with Gasteiger partial charge in [-0.15, -0.1) is 0 Å². The fourth-order valence-electron chi connectivity index (χ4n) is 2.51. The maximum atomic E-state index is 11.9. The molecule has 126 valence electrons. The molecular formula is C17H25N3O3. The Kier molecular flexibility index (Phi) is 7.03. The normalized spacial score (nSPS) is 14.8. The second-order valence-corrected chi connectivity index (χ2v) is 5.62. The van der Waals surface area contributed by atoms with E-state index in [1.807, 2.05) is 29.2 Å². The summed E-state index contributed by atoms with van der Waals surface area (Å²) in [6.07, 6.45) is 2.67. The fourth-order valence-corrected chi connectivity index (χ4v) is 2.51. The van der Waals surface area contributed by atoms with Gasteiger partial charge in [0.2, 0.25) is 11.8 Å². The summed E-state index contributed by atoms with van der Waals surface area (Å²) in [4.78, 5) is 25.4. The van der Waals surface area contributed by atoms with Crippen molar-refractivity contribution in [1.29, 1.82) is 0 Å². The Morgan fingerprint density at radius 2 is 2.04 bits per heavy atom. The van der Waals surface area contributed by atoms with E-state index in [-0.39, 0.29) is 18.4 Å². The van der Waals surface area contributed by atoms with Crippen molar-refractivity contribution in [2.24, 2.45) is 0 Å². The van der Waals surface area contributed by atoms with Gasteiger partial charge in [0.15, 0.2) is 0 Å². The van der Waals surface area contributed by atoms with Crippen LogP contribution in [0, 0.1) is 0 Å². The van der Waals surface area contributed by atoms with E-state index in [4.69, 9.17) is 4.74 Å². The lowest BCUT2D eigenvalue weighted by atomic mass is 10.1. The number of hydrogen-bond donors (Lipinski definition) is 2. The average molecular weight is 319 g/mol. The third-order valence-electron chi connectivity index (χ3n) is 3.83. The first kappa shape index (κ1) is 17.4. The van der Waals surface area contributed by atoms with Crippen molar-refractivity contribution in [3.63, 3.8) is 0 Å². The molecule has 1 aromatic rings. The number of nitrogens with one attached hydrogen (secondary N) is 2. The molecule has 1 aromatic carbocycles. The molecule has 1 aliphatic rings. The predicted octanol–water partition coefficient (Wildman–Crippen LogP) is 1.06. The smallest absolute Gasteiger partial charge is 0.234 e. The van der Waals surface area contributed by atoms with Crippen molar-refractivity contribution in [3.8, 4) is 0 Å². The Hall–Kier alpha value is -1.92. The van der Waals surface area contributed by atoms with Gasteiger partial charge in [0.25, 0.3) is 0 Å². The van der Waals surface area contributed by atoms with Crippen LogP contribution >= 0.6 is 0 Å². The van der Waals surface area contributed by atoms with Crippen LogP contribution in [-0.2, 0) is 20.9 Å². The number of amides is 2. The number of carbonyl (C=O) groups is 2. The Labute approximate surface area is 137 Å². The summed E-state index contributed by atoms with van der Waals surface area (Å²) < 4.78 is 4.90. The topological polar surface area (TPSA) is 70.7 Å². The molecule has 0 saturated carbocycles. The summed E-state index contributed by atoms with van der Waals surface area (Å²) >= 11 is 0. The Balaban J connectivity index is 1.76. The Morgan fingerprint density at radius 3 is 2.74 bits per heavy atom. The molecule has 2 rings (SSSR count). The minimum atomic E-state index is -0.0450. The van der Waals surface area contributed by atoms with Crippen LogP contribution in [0.3, 0.4) is 0 Å². The van der Waals surface area contributed by atoms with Crippen LogP contribution in [0.4, 0.5) is 5.69 Å². The number of methoxy groups -OCH3 is 1. The minimum Gasteiger partial charge on any atom is -0.383 e. The number of anilines is 1. The van der Waals surface area contributed by atoms with E-state index in [9.17, 15) is 9.59 Å². The summed E-state index contributed by atoms with van der Waals surface area (Å²) in [6, 6.07) is 7.80. The van der Waals surface area contributed by atoms with Crippen molar-refractivity contribution in [2.45, 2.75) is 25.8 Å². The van der Waals surface area contributed by atoms with Crippen molar-refractivity contribution in [3.05, 3.63) is 29.8 Å². The molecule has 1 aliphatic heterocycles. The van der Waals surface area contributed by atoms with Gasteiger partial charge in [-0.25, -0.2) is 0 Å². The number of carbonyl (C=O) groups excluding carboxylic acids is 2. The van der Waals surface area contributed by atoms with Gasteiger partial charge >= 0.3 is 0 Å². The lowest BCUT2D eigenvalue weighted by Gasteiger charge is -2.26. The third-order valence-corrected chi connectivity index (χ3v) is 3.83. The highest BCUT2D eigenvalue weighted by Gasteiger charge is 2.19. The van der Waals surface area contributed by atoms with E-state index in [0.717, 1.165) is 30.6 Å². The van der Waals surface area contributed by atoms with Gasteiger partial charge in [-0.3, -0.25) is 9.59 Å². The number of benzene rings is 1. The first-order valence-electron chi connectivity index (χ1n) is 8.06. The Morgan fingerprint density at radius 1 is 1.26 bits per heavy atom. The van der Waals surface area contributed by atoms with Gasteiger partial charge in [0, 0.05) is 38.9 Å². The maximum absolute atomic E-state index is 11.9. The number of piperidine rings is 1. The van der Waals surface area contributed by atoms with Crippen LogP contribution in [0.2, 0.25) is 0 Å². The molecule has 0 bridgehead atoms.